The van der Waals surface area contributed by atoms with Crippen molar-refractivity contribution in [2.24, 2.45) is 0 Å². The molecule has 0 radical (unpaired) electrons. The average molecular weight is 206 g/mol. The highest BCUT2D eigenvalue weighted by molar-refractivity contribution is 5.32. The first-order chi connectivity index (χ1) is 7.30. The highest BCUT2D eigenvalue weighted by atomic mass is 16.5. The Bertz CT molecular complexity index is 329. The molecule has 1 N–H and O–H groups in total. The fourth-order valence-corrected chi connectivity index (χ4v) is 2.14. The Morgan fingerprint density at radius 2 is 2.20 bits per heavy atom. The lowest BCUT2D eigenvalue weighted by atomic mass is 9.75. The molecule has 1 aliphatic heterocycles. The monoisotopic (exact) mass is 206 g/mol. The standard InChI is InChI=1S/C13H18O2/c1-2-11-4-3-5-12(8-11)13(6-7-14)9-15-10-13/h3-5,8,14H,2,6-7,9-10H2,1H3. The Morgan fingerprint density at radius 3 is 2.73 bits per heavy atom. The van der Waals surface area contributed by atoms with Crippen LogP contribution < -0.4 is 0 Å². The van der Waals surface area contributed by atoms with E-state index in [0.29, 0.717) is 0 Å². The molecule has 1 aliphatic rings. The summed E-state index contributed by atoms with van der Waals surface area (Å²) in [5, 5.41) is 9.10. The van der Waals surface area contributed by atoms with Gasteiger partial charge in [-0.15, -0.1) is 0 Å². The van der Waals surface area contributed by atoms with Crippen LogP contribution in [0.2, 0.25) is 0 Å². The topological polar surface area (TPSA) is 29.5 Å². The fourth-order valence-electron chi connectivity index (χ4n) is 2.14. The van der Waals surface area contributed by atoms with Gasteiger partial charge in [0, 0.05) is 12.0 Å². The summed E-state index contributed by atoms with van der Waals surface area (Å²) in [6, 6.07) is 8.65. The van der Waals surface area contributed by atoms with Crippen molar-refractivity contribution in [2.75, 3.05) is 19.8 Å². The molecule has 0 spiro atoms. The summed E-state index contributed by atoms with van der Waals surface area (Å²) in [6.07, 6.45) is 1.87. The number of aliphatic hydroxyl groups is 1. The van der Waals surface area contributed by atoms with E-state index < -0.39 is 0 Å². The Hall–Kier alpha value is -0.860. The molecule has 0 aromatic heterocycles. The van der Waals surface area contributed by atoms with E-state index in [4.69, 9.17) is 9.84 Å². The van der Waals surface area contributed by atoms with Crippen molar-refractivity contribution in [1.82, 2.24) is 0 Å². The van der Waals surface area contributed by atoms with Gasteiger partial charge in [0.1, 0.15) is 0 Å². The molecule has 0 saturated carbocycles. The van der Waals surface area contributed by atoms with Gasteiger partial charge in [-0.3, -0.25) is 0 Å². The van der Waals surface area contributed by atoms with Gasteiger partial charge in [-0.05, 0) is 24.0 Å². The fraction of sp³-hybridized carbons (Fsp3) is 0.538. The zero-order valence-corrected chi connectivity index (χ0v) is 9.20. The van der Waals surface area contributed by atoms with E-state index in [2.05, 4.69) is 31.2 Å². The Kier molecular flexibility index (Phi) is 3.08. The minimum Gasteiger partial charge on any atom is -0.396 e. The lowest BCUT2D eigenvalue weighted by Gasteiger charge is -2.42. The molecule has 0 atom stereocenters. The molecule has 0 aliphatic carbocycles. The van der Waals surface area contributed by atoms with Gasteiger partial charge >= 0.3 is 0 Å². The number of benzene rings is 1. The minimum absolute atomic E-state index is 0.0833. The summed E-state index contributed by atoms with van der Waals surface area (Å²) >= 11 is 0. The molecule has 1 aromatic rings. The molecular formula is C13H18O2. The Morgan fingerprint density at radius 1 is 1.40 bits per heavy atom. The van der Waals surface area contributed by atoms with Crippen LogP contribution in [0.25, 0.3) is 0 Å². The van der Waals surface area contributed by atoms with Crippen LogP contribution >= 0.6 is 0 Å². The maximum Gasteiger partial charge on any atom is 0.0586 e. The van der Waals surface area contributed by atoms with Crippen molar-refractivity contribution in [3.05, 3.63) is 35.4 Å². The third-order valence-corrected chi connectivity index (χ3v) is 3.29. The van der Waals surface area contributed by atoms with E-state index >= 15 is 0 Å². The van der Waals surface area contributed by atoms with Crippen LogP contribution in [-0.2, 0) is 16.6 Å². The third-order valence-electron chi connectivity index (χ3n) is 3.29. The zero-order valence-electron chi connectivity index (χ0n) is 9.20. The van der Waals surface area contributed by atoms with Crippen LogP contribution in [0.5, 0.6) is 0 Å². The quantitative estimate of drug-likeness (QED) is 0.815. The lowest BCUT2D eigenvalue weighted by Crippen LogP contribution is -2.47. The summed E-state index contributed by atoms with van der Waals surface area (Å²) < 4.78 is 5.31. The van der Waals surface area contributed by atoms with E-state index in [-0.39, 0.29) is 12.0 Å². The second kappa shape index (κ2) is 4.33. The summed E-state index contributed by atoms with van der Waals surface area (Å²) in [5.41, 5.74) is 2.76. The number of rotatable bonds is 4. The van der Waals surface area contributed by atoms with Crippen LogP contribution in [0, 0.1) is 0 Å². The molecule has 1 heterocycles. The molecular weight excluding hydrogens is 188 g/mol. The SMILES string of the molecule is CCc1cccc(C2(CCO)COC2)c1. The van der Waals surface area contributed by atoms with E-state index in [9.17, 15) is 0 Å². The lowest BCUT2D eigenvalue weighted by molar-refractivity contribution is -0.0701. The Balaban J connectivity index is 2.26. The van der Waals surface area contributed by atoms with Gasteiger partial charge in [0.25, 0.3) is 0 Å². The Labute approximate surface area is 90.9 Å². The van der Waals surface area contributed by atoms with E-state index in [1.165, 1.54) is 11.1 Å². The number of aliphatic hydroxyl groups excluding tert-OH is 1. The molecule has 2 rings (SSSR count). The predicted octanol–water partition coefficient (Wildman–Crippen LogP) is 1.90. The van der Waals surface area contributed by atoms with Crippen LogP contribution in [0.1, 0.15) is 24.5 Å². The number of hydrogen-bond donors (Lipinski definition) is 1. The third kappa shape index (κ3) is 1.92. The molecule has 0 unspecified atom stereocenters. The van der Waals surface area contributed by atoms with Gasteiger partial charge < -0.3 is 9.84 Å². The molecule has 1 saturated heterocycles. The average Bonchev–Trinajstić information content (AvgIpc) is 2.23. The van der Waals surface area contributed by atoms with Crippen molar-refractivity contribution in [1.29, 1.82) is 0 Å². The van der Waals surface area contributed by atoms with E-state index in [1.54, 1.807) is 0 Å². The van der Waals surface area contributed by atoms with E-state index in [0.717, 1.165) is 26.1 Å². The molecule has 0 amide bonds. The highest BCUT2D eigenvalue weighted by Gasteiger charge is 2.39. The first-order valence-corrected chi connectivity index (χ1v) is 5.59. The normalized spacial score (nSPS) is 18.5. The molecule has 1 fully saturated rings. The predicted molar refractivity (Wildman–Crippen MR) is 60.0 cm³/mol. The van der Waals surface area contributed by atoms with Gasteiger partial charge in [-0.25, -0.2) is 0 Å². The summed E-state index contributed by atoms with van der Waals surface area (Å²) in [6.45, 7) is 3.90. The van der Waals surface area contributed by atoms with Crippen LogP contribution in [-0.4, -0.2) is 24.9 Å². The number of hydrogen-bond acceptors (Lipinski definition) is 2. The first-order valence-electron chi connectivity index (χ1n) is 5.59. The van der Waals surface area contributed by atoms with Crippen molar-refractivity contribution in [3.8, 4) is 0 Å². The van der Waals surface area contributed by atoms with Gasteiger partial charge in [0.05, 0.1) is 13.2 Å². The van der Waals surface area contributed by atoms with Crippen molar-refractivity contribution in [2.45, 2.75) is 25.2 Å². The summed E-state index contributed by atoms with van der Waals surface area (Å²) in [4.78, 5) is 0. The van der Waals surface area contributed by atoms with Crippen LogP contribution in [0.15, 0.2) is 24.3 Å². The van der Waals surface area contributed by atoms with Crippen LogP contribution in [0.4, 0.5) is 0 Å². The minimum atomic E-state index is 0.0833. The van der Waals surface area contributed by atoms with Crippen molar-refractivity contribution in [3.63, 3.8) is 0 Å². The van der Waals surface area contributed by atoms with E-state index in [1.807, 2.05) is 0 Å². The first kappa shape index (κ1) is 10.7. The molecule has 2 nitrogen and oxygen atoms in total. The zero-order chi connectivity index (χ0) is 10.7. The van der Waals surface area contributed by atoms with Gasteiger partial charge in [0.2, 0.25) is 0 Å². The van der Waals surface area contributed by atoms with Gasteiger partial charge in [-0.2, -0.15) is 0 Å². The summed E-state index contributed by atoms with van der Waals surface area (Å²) in [7, 11) is 0. The number of aryl methyl sites for hydroxylation is 1. The summed E-state index contributed by atoms with van der Waals surface area (Å²) in [5.74, 6) is 0. The molecule has 0 bridgehead atoms. The maximum atomic E-state index is 9.10. The molecule has 82 valence electrons. The van der Waals surface area contributed by atoms with Gasteiger partial charge in [-0.1, -0.05) is 31.2 Å². The molecule has 15 heavy (non-hydrogen) atoms. The number of ether oxygens (including phenoxy) is 1. The smallest absolute Gasteiger partial charge is 0.0586 e. The molecule has 1 aromatic carbocycles. The van der Waals surface area contributed by atoms with Crippen LogP contribution in [0.3, 0.4) is 0 Å². The van der Waals surface area contributed by atoms with Gasteiger partial charge in [0.15, 0.2) is 0 Å². The maximum absolute atomic E-state index is 9.10. The largest absolute Gasteiger partial charge is 0.396 e. The highest BCUT2D eigenvalue weighted by Crippen LogP contribution is 2.35. The molecule has 2 heteroatoms. The second-order valence-corrected chi connectivity index (χ2v) is 4.30. The second-order valence-electron chi connectivity index (χ2n) is 4.30. The van der Waals surface area contributed by atoms with Crippen molar-refractivity contribution < 1.29 is 9.84 Å². The van der Waals surface area contributed by atoms with Crippen molar-refractivity contribution >= 4 is 0 Å².